The van der Waals surface area contributed by atoms with E-state index >= 15 is 0 Å². The van der Waals surface area contributed by atoms with Crippen molar-refractivity contribution in [1.29, 1.82) is 0 Å². The molecule has 1 aliphatic carbocycles. The molecule has 2 fully saturated rings. The molecule has 2 aromatic carbocycles. The van der Waals surface area contributed by atoms with Gasteiger partial charge in [0.1, 0.15) is 11.9 Å². The van der Waals surface area contributed by atoms with Crippen molar-refractivity contribution < 1.29 is 9.18 Å². The summed E-state index contributed by atoms with van der Waals surface area (Å²) in [4.78, 5) is 17.3. The summed E-state index contributed by atoms with van der Waals surface area (Å²) >= 11 is 0. The van der Waals surface area contributed by atoms with Crippen LogP contribution in [0.25, 0.3) is 0 Å². The summed E-state index contributed by atoms with van der Waals surface area (Å²) in [7, 11) is 0. The highest BCUT2D eigenvalue weighted by atomic mass is 19.1. The molecule has 0 aromatic heterocycles. The molecule has 4 nitrogen and oxygen atoms in total. The largest absolute Gasteiger partial charge is 0.369 e. The van der Waals surface area contributed by atoms with Crippen LogP contribution < -0.4 is 15.1 Å². The van der Waals surface area contributed by atoms with Crippen molar-refractivity contribution in [3.8, 4) is 0 Å². The van der Waals surface area contributed by atoms with Crippen LogP contribution in [0.1, 0.15) is 38.2 Å². The van der Waals surface area contributed by atoms with Crippen molar-refractivity contribution in [3.05, 3.63) is 59.9 Å². The van der Waals surface area contributed by atoms with Crippen LogP contribution in [-0.2, 0) is 11.3 Å². The molecular weight excluding hydrogens is 353 g/mol. The molecule has 2 aromatic rings. The summed E-state index contributed by atoms with van der Waals surface area (Å²) < 4.78 is 13.2. The molecule has 2 aliphatic rings. The third-order valence-electron chi connectivity index (χ3n) is 5.75. The molecule has 1 N–H and O–H groups in total. The average Bonchev–Trinajstić information content (AvgIpc) is 3.42. The lowest BCUT2D eigenvalue weighted by molar-refractivity contribution is -0.122. The summed E-state index contributed by atoms with van der Waals surface area (Å²) in [5, 5.41) is 3.11. The third kappa shape index (κ3) is 4.13. The molecule has 1 amide bonds. The Bertz CT molecular complexity index is 819. The van der Waals surface area contributed by atoms with Crippen LogP contribution in [0.5, 0.6) is 0 Å². The number of hydrogen-bond acceptors (Lipinski definition) is 3. The van der Waals surface area contributed by atoms with Crippen molar-refractivity contribution >= 4 is 17.3 Å². The first kappa shape index (κ1) is 18.8. The highest BCUT2D eigenvalue weighted by Crippen LogP contribution is 2.31. The summed E-state index contributed by atoms with van der Waals surface area (Å²) in [5.74, 6) is -0.210. The quantitative estimate of drug-likeness (QED) is 0.784. The van der Waals surface area contributed by atoms with Gasteiger partial charge in [0.25, 0.3) is 0 Å². The van der Waals surface area contributed by atoms with Crippen LogP contribution in [0, 0.1) is 5.82 Å². The van der Waals surface area contributed by atoms with Crippen LogP contribution in [0.4, 0.5) is 15.8 Å². The zero-order chi connectivity index (χ0) is 19.5. The number of nitrogens with one attached hydrogen (secondary N) is 1. The van der Waals surface area contributed by atoms with E-state index in [0.717, 1.165) is 37.2 Å². The van der Waals surface area contributed by atoms with E-state index in [1.165, 1.54) is 30.7 Å². The van der Waals surface area contributed by atoms with Gasteiger partial charge in [0.05, 0.1) is 0 Å². The Morgan fingerprint density at radius 3 is 2.68 bits per heavy atom. The fourth-order valence-corrected chi connectivity index (χ4v) is 4.17. The maximum absolute atomic E-state index is 13.2. The van der Waals surface area contributed by atoms with E-state index in [1.54, 1.807) is 12.1 Å². The predicted octanol–water partition coefficient (Wildman–Crippen LogP) is 4.10. The van der Waals surface area contributed by atoms with Gasteiger partial charge in [0.15, 0.2) is 0 Å². The molecular formula is C23H28FN3O. The maximum atomic E-state index is 13.2. The van der Waals surface area contributed by atoms with E-state index in [2.05, 4.69) is 46.3 Å². The number of rotatable bonds is 7. The van der Waals surface area contributed by atoms with Gasteiger partial charge in [0.2, 0.25) is 5.91 Å². The monoisotopic (exact) mass is 381 g/mol. The van der Waals surface area contributed by atoms with Gasteiger partial charge >= 0.3 is 0 Å². The molecule has 4 rings (SSSR count). The first-order valence-corrected chi connectivity index (χ1v) is 10.3. The molecule has 148 valence electrons. The van der Waals surface area contributed by atoms with Gasteiger partial charge in [-0.2, -0.15) is 0 Å². The topological polar surface area (TPSA) is 35.6 Å². The Balaban J connectivity index is 1.39. The minimum absolute atomic E-state index is 0.0433. The number of anilines is 2. The standard InChI is InChI=1S/C23H28FN3O/c1-2-26(19-12-13-19)21-6-3-5-17(15-21)16-25-23(28)22-7-4-14-27(22)20-10-8-18(24)9-11-20/h3,5-6,8-11,15,19,22H,2,4,7,12-14,16H2,1H3,(H,25,28)/t22-/m0/s1. The fraction of sp³-hybridized carbons (Fsp3) is 0.435. The Morgan fingerprint density at radius 2 is 1.96 bits per heavy atom. The summed E-state index contributed by atoms with van der Waals surface area (Å²) in [6, 6.07) is 15.4. The number of benzene rings is 2. The number of halogens is 1. The highest BCUT2D eigenvalue weighted by molar-refractivity contribution is 5.85. The zero-order valence-electron chi connectivity index (χ0n) is 16.4. The van der Waals surface area contributed by atoms with Crippen LogP contribution in [0.2, 0.25) is 0 Å². The Labute approximate surface area is 166 Å². The first-order valence-electron chi connectivity index (χ1n) is 10.3. The molecule has 1 aliphatic heterocycles. The summed E-state index contributed by atoms with van der Waals surface area (Å²) in [6.45, 7) is 4.56. The number of nitrogens with zero attached hydrogens (tertiary/aromatic N) is 2. The molecule has 28 heavy (non-hydrogen) atoms. The smallest absolute Gasteiger partial charge is 0.242 e. The summed E-state index contributed by atoms with van der Waals surface area (Å²) in [5.41, 5.74) is 3.27. The highest BCUT2D eigenvalue weighted by Gasteiger charge is 2.31. The van der Waals surface area contributed by atoms with Gasteiger partial charge < -0.3 is 15.1 Å². The van der Waals surface area contributed by atoms with E-state index in [4.69, 9.17) is 0 Å². The van der Waals surface area contributed by atoms with Gasteiger partial charge in [-0.05, 0) is 74.6 Å². The van der Waals surface area contributed by atoms with Crippen molar-refractivity contribution in [1.82, 2.24) is 5.32 Å². The van der Waals surface area contributed by atoms with Gasteiger partial charge in [0, 0.05) is 37.1 Å². The molecule has 0 unspecified atom stereocenters. The van der Waals surface area contributed by atoms with E-state index < -0.39 is 0 Å². The number of carbonyl (C=O) groups is 1. The lowest BCUT2D eigenvalue weighted by Crippen LogP contribution is -2.43. The Morgan fingerprint density at radius 1 is 1.18 bits per heavy atom. The second-order valence-corrected chi connectivity index (χ2v) is 7.73. The van der Waals surface area contributed by atoms with E-state index in [9.17, 15) is 9.18 Å². The molecule has 0 spiro atoms. The van der Waals surface area contributed by atoms with Gasteiger partial charge in [-0.15, -0.1) is 0 Å². The Kier molecular flexibility index (Phi) is 5.51. The van der Waals surface area contributed by atoms with Gasteiger partial charge in [-0.3, -0.25) is 4.79 Å². The normalized spacial score (nSPS) is 18.9. The first-order chi connectivity index (χ1) is 13.7. The second-order valence-electron chi connectivity index (χ2n) is 7.73. The summed E-state index contributed by atoms with van der Waals surface area (Å²) in [6.07, 6.45) is 4.34. The minimum Gasteiger partial charge on any atom is -0.369 e. The predicted molar refractivity (Wildman–Crippen MR) is 111 cm³/mol. The van der Waals surface area contributed by atoms with Crippen LogP contribution >= 0.6 is 0 Å². The lowest BCUT2D eigenvalue weighted by Gasteiger charge is -2.26. The number of hydrogen-bond donors (Lipinski definition) is 1. The van der Waals surface area contributed by atoms with Gasteiger partial charge in [-0.25, -0.2) is 4.39 Å². The van der Waals surface area contributed by atoms with E-state index in [1.807, 2.05) is 0 Å². The molecule has 5 heteroatoms. The number of carbonyl (C=O) groups excluding carboxylic acids is 1. The van der Waals surface area contributed by atoms with Crippen molar-refractivity contribution in [2.24, 2.45) is 0 Å². The zero-order valence-corrected chi connectivity index (χ0v) is 16.4. The van der Waals surface area contributed by atoms with Crippen LogP contribution in [0.15, 0.2) is 48.5 Å². The molecule has 0 bridgehead atoms. The second kappa shape index (κ2) is 8.21. The molecule has 1 atom stereocenters. The van der Waals surface area contributed by atoms with E-state index in [-0.39, 0.29) is 17.8 Å². The average molecular weight is 381 g/mol. The third-order valence-corrected chi connectivity index (χ3v) is 5.75. The number of amides is 1. The van der Waals surface area contributed by atoms with Crippen LogP contribution in [-0.4, -0.2) is 31.1 Å². The van der Waals surface area contributed by atoms with Crippen LogP contribution in [0.3, 0.4) is 0 Å². The molecule has 1 saturated carbocycles. The SMILES string of the molecule is CCN(c1cccc(CNC(=O)[C@@H]2CCCN2c2ccc(F)cc2)c1)C1CC1. The fourth-order valence-electron chi connectivity index (χ4n) is 4.17. The van der Waals surface area contributed by atoms with Crippen molar-refractivity contribution in [2.45, 2.75) is 51.2 Å². The minimum atomic E-state index is -0.254. The lowest BCUT2D eigenvalue weighted by atomic mass is 10.1. The molecule has 1 heterocycles. The van der Waals surface area contributed by atoms with Crippen molar-refractivity contribution in [2.75, 3.05) is 22.9 Å². The van der Waals surface area contributed by atoms with Crippen molar-refractivity contribution in [3.63, 3.8) is 0 Å². The maximum Gasteiger partial charge on any atom is 0.242 e. The van der Waals surface area contributed by atoms with Gasteiger partial charge in [-0.1, -0.05) is 12.1 Å². The van der Waals surface area contributed by atoms with E-state index in [0.29, 0.717) is 12.6 Å². The molecule has 1 saturated heterocycles. The molecule has 0 radical (unpaired) electrons. The Hall–Kier alpha value is -2.56.